The first-order valence-corrected chi connectivity index (χ1v) is 8.61. The van der Waals surface area contributed by atoms with Crippen LogP contribution < -0.4 is 10.5 Å². The zero-order chi connectivity index (χ0) is 22.6. The molecule has 4 nitrogen and oxygen atoms in total. The van der Waals surface area contributed by atoms with E-state index in [4.69, 9.17) is 20.7 Å². The van der Waals surface area contributed by atoms with E-state index in [1.165, 1.54) is 24.3 Å². The Bertz CT molecular complexity index is 846. The van der Waals surface area contributed by atoms with Crippen molar-refractivity contribution >= 4 is 18.5 Å². The molecular formula is C20H20ClF6NO3. The average Bonchev–Trinajstić information content (AvgIpc) is 2.67. The number of hydrogen-bond donors (Lipinski definition) is 3. The second-order valence-corrected chi connectivity index (χ2v) is 6.70. The van der Waals surface area contributed by atoms with Gasteiger partial charge in [0.15, 0.2) is 0 Å². The molecule has 0 bridgehead atoms. The number of aliphatic hydroxyl groups excluding tert-OH is 2. The largest absolute Gasteiger partial charge is 0.457 e. The maximum absolute atomic E-state index is 12.9. The second-order valence-electron chi connectivity index (χ2n) is 6.70. The third-order valence-corrected chi connectivity index (χ3v) is 4.14. The molecule has 0 atom stereocenters. The predicted molar refractivity (Wildman–Crippen MR) is 105 cm³/mol. The number of nitrogens with two attached hydrogens (primary N) is 1. The summed E-state index contributed by atoms with van der Waals surface area (Å²) in [5.41, 5.74) is 2.26. The molecule has 31 heavy (non-hydrogen) atoms. The molecule has 0 saturated heterocycles. The number of rotatable bonds is 7. The lowest BCUT2D eigenvalue weighted by atomic mass is 9.98. The molecule has 11 heteroatoms. The van der Waals surface area contributed by atoms with Gasteiger partial charge in [-0.25, -0.2) is 0 Å². The quantitative estimate of drug-likeness (QED) is 0.495. The first-order chi connectivity index (χ1) is 13.9. The molecule has 0 fully saturated rings. The molecule has 0 spiro atoms. The molecule has 0 radical (unpaired) electrons. The highest BCUT2D eigenvalue weighted by Crippen LogP contribution is 2.39. The lowest BCUT2D eigenvalue weighted by molar-refractivity contribution is -0.143. The van der Waals surface area contributed by atoms with Crippen molar-refractivity contribution < 1.29 is 41.3 Å². The summed E-state index contributed by atoms with van der Waals surface area (Å²) in [6.07, 6.45) is -6.50. The van der Waals surface area contributed by atoms with Crippen molar-refractivity contribution in [2.24, 2.45) is 5.73 Å². The number of ether oxygens (including phenoxy) is 1. The number of halogens is 7. The van der Waals surface area contributed by atoms with Gasteiger partial charge in [0.1, 0.15) is 11.5 Å². The minimum absolute atomic E-state index is 0. The smallest absolute Gasteiger partial charge is 0.416 e. The normalized spacial score (nSPS) is 12.7. The summed E-state index contributed by atoms with van der Waals surface area (Å²) in [7, 11) is 0. The van der Waals surface area contributed by atoms with Gasteiger partial charge in [-0.3, -0.25) is 0 Å². The molecule has 2 rings (SSSR count). The van der Waals surface area contributed by atoms with Gasteiger partial charge < -0.3 is 20.7 Å². The van der Waals surface area contributed by atoms with Gasteiger partial charge in [-0.05, 0) is 42.3 Å². The maximum Gasteiger partial charge on any atom is 0.416 e. The lowest BCUT2D eigenvalue weighted by Gasteiger charge is -2.22. The highest BCUT2D eigenvalue weighted by atomic mass is 35.5. The Labute approximate surface area is 180 Å². The Morgan fingerprint density at radius 3 is 1.71 bits per heavy atom. The van der Waals surface area contributed by atoms with Crippen molar-refractivity contribution in [3.8, 4) is 11.5 Å². The molecule has 0 saturated carbocycles. The fourth-order valence-electron chi connectivity index (χ4n) is 2.38. The van der Waals surface area contributed by atoms with Gasteiger partial charge in [-0.1, -0.05) is 24.3 Å². The van der Waals surface area contributed by atoms with Crippen LogP contribution in [0.1, 0.15) is 23.1 Å². The van der Waals surface area contributed by atoms with Crippen molar-refractivity contribution in [3.63, 3.8) is 0 Å². The van der Waals surface area contributed by atoms with Crippen LogP contribution in [0.5, 0.6) is 11.5 Å². The van der Waals surface area contributed by atoms with Crippen LogP contribution in [0.25, 0.3) is 6.08 Å². The van der Waals surface area contributed by atoms with E-state index in [1.54, 1.807) is 12.2 Å². The molecule has 0 amide bonds. The van der Waals surface area contributed by atoms with Crippen LogP contribution in [0.3, 0.4) is 0 Å². The van der Waals surface area contributed by atoms with Crippen molar-refractivity contribution in [2.45, 2.75) is 24.3 Å². The molecule has 0 heterocycles. The van der Waals surface area contributed by atoms with Gasteiger partial charge in [0.05, 0.1) is 29.9 Å². The summed E-state index contributed by atoms with van der Waals surface area (Å²) >= 11 is 0. The van der Waals surface area contributed by atoms with E-state index in [1.807, 2.05) is 0 Å². The van der Waals surface area contributed by atoms with Crippen molar-refractivity contribution in [1.82, 2.24) is 0 Å². The number of benzene rings is 2. The van der Waals surface area contributed by atoms with Crippen molar-refractivity contribution in [1.29, 1.82) is 0 Å². The van der Waals surface area contributed by atoms with Gasteiger partial charge in [-0.2, -0.15) is 26.3 Å². The zero-order valence-electron chi connectivity index (χ0n) is 15.9. The van der Waals surface area contributed by atoms with E-state index in [0.29, 0.717) is 17.7 Å². The summed E-state index contributed by atoms with van der Waals surface area (Å²) in [4.78, 5) is 0. The van der Waals surface area contributed by atoms with Crippen molar-refractivity contribution in [3.05, 3.63) is 65.2 Å². The Morgan fingerprint density at radius 1 is 0.806 bits per heavy atom. The molecule has 0 unspecified atom stereocenters. The summed E-state index contributed by atoms with van der Waals surface area (Å²) in [6, 6.07) is 6.82. The van der Waals surface area contributed by atoms with Crippen molar-refractivity contribution in [2.75, 3.05) is 13.2 Å². The Morgan fingerprint density at radius 2 is 1.29 bits per heavy atom. The predicted octanol–water partition coefficient (Wildman–Crippen LogP) is 5.02. The zero-order valence-corrected chi connectivity index (χ0v) is 16.7. The van der Waals surface area contributed by atoms with Crippen LogP contribution in [0.4, 0.5) is 26.3 Å². The van der Waals surface area contributed by atoms with Crippen LogP contribution >= 0.6 is 12.4 Å². The second kappa shape index (κ2) is 10.4. The fourth-order valence-corrected chi connectivity index (χ4v) is 2.38. The molecule has 172 valence electrons. The number of hydrogen-bond acceptors (Lipinski definition) is 4. The van der Waals surface area contributed by atoms with E-state index >= 15 is 0 Å². The fraction of sp³-hybridized carbons (Fsp3) is 0.300. The van der Waals surface area contributed by atoms with Gasteiger partial charge in [0.2, 0.25) is 0 Å². The third-order valence-electron chi connectivity index (χ3n) is 4.14. The van der Waals surface area contributed by atoms with Gasteiger partial charge in [0, 0.05) is 0 Å². The molecular weight excluding hydrogens is 452 g/mol. The third kappa shape index (κ3) is 7.73. The standard InChI is InChI=1S/C20H19F6NO3.ClH/c21-19(22,23)14-8-15(20(24,25)26)10-17(9-14)30-16-5-3-13(4-6-16)2-1-7-18(27,11-28)12-29;/h1-6,8-10,28-29H,7,11-12,27H2;1H/b2-1+;. The summed E-state index contributed by atoms with van der Waals surface area (Å²) < 4.78 is 82.7. The van der Waals surface area contributed by atoms with E-state index in [2.05, 4.69) is 0 Å². The number of alkyl halides is 6. The monoisotopic (exact) mass is 471 g/mol. The van der Waals surface area contributed by atoms with E-state index < -0.39 is 48.0 Å². The van der Waals surface area contributed by atoms with Crippen LogP contribution in [-0.2, 0) is 12.4 Å². The highest BCUT2D eigenvalue weighted by Gasteiger charge is 2.37. The van der Waals surface area contributed by atoms with Gasteiger partial charge in [-0.15, -0.1) is 12.4 Å². The van der Waals surface area contributed by atoms with Crippen LogP contribution in [-0.4, -0.2) is 29.0 Å². The number of aliphatic hydroxyl groups is 2. The molecule has 2 aromatic rings. The van der Waals surface area contributed by atoms with Gasteiger partial charge in [0.25, 0.3) is 0 Å². The minimum Gasteiger partial charge on any atom is -0.457 e. The Hall–Kier alpha value is -2.27. The van der Waals surface area contributed by atoms with E-state index in [-0.39, 0.29) is 30.6 Å². The topological polar surface area (TPSA) is 75.7 Å². The Balaban J connectivity index is 0.00000480. The molecule has 0 aliphatic rings. The molecule has 4 N–H and O–H groups in total. The van der Waals surface area contributed by atoms with Crippen LogP contribution in [0.2, 0.25) is 0 Å². The summed E-state index contributed by atoms with van der Waals surface area (Å²) in [5, 5.41) is 18.2. The first-order valence-electron chi connectivity index (χ1n) is 8.61. The summed E-state index contributed by atoms with van der Waals surface area (Å²) in [6.45, 7) is -0.838. The van der Waals surface area contributed by atoms with E-state index in [9.17, 15) is 26.3 Å². The molecule has 0 aromatic heterocycles. The van der Waals surface area contributed by atoms with E-state index in [0.717, 1.165) is 0 Å². The van der Waals surface area contributed by atoms with Crippen LogP contribution in [0, 0.1) is 0 Å². The van der Waals surface area contributed by atoms with Crippen LogP contribution in [0.15, 0.2) is 48.5 Å². The highest BCUT2D eigenvalue weighted by molar-refractivity contribution is 5.85. The molecule has 0 aliphatic carbocycles. The molecule has 0 aliphatic heterocycles. The van der Waals surface area contributed by atoms with Gasteiger partial charge >= 0.3 is 12.4 Å². The first kappa shape index (κ1) is 26.8. The SMILES string of the molecule is Cl.NC(CO)(CO)C/C=C/c1ccc(Oc2cc(C(F)(F)F)cc(C(F)(F)F)c2)cc1. The maximum atomic E-state index is 12.9. The lowest BCUT2D eigenvalue weighted by Crippen LogP contribution is -2.46. The minimum atomic E-state index is -4.96. The average molecular weight is 472 g/mol. The molecule has 2 aromatic carbocycles. The summed E-state index contributed by atoms with van der Waals surface area (Å²) in [5.74, 6) is -0.558. The Kier molecular flexibility index (Phi) is 8.95.